The van der Waals surface area contributed by atoms with E-state index >= 15 is 0 Å². The Morgan fingerprint density at radius 2 is 1.90 bits per heavy atom. The van der Waals surface area contributed by atoms with E-state index in [2.05, 4.69) is 30.5 Å². The van der Waals surface area contributed by atoms with Crippen LogP contribution in [0, 0.1) is 23.7 Å². The largest absolute Gasteiger partial charge is 0.508 e. The maximum absolute atomic E-state index is 13.4. The van der Waals surface area contributed by atoms with Gasteiger partial charge in [-0.05, 0) is 61.3 Å². The molecule has 0 fully saturated rings. The highest BCUT2D eigenvalue weighted by Gasteiger charge is 2.44. The van der Waals surface area contributed by atoms with Crippen LogP contribution in [-0.4, -0.2) is 21.9 Å². The smallest absolute Gasteiger partial charge is 0.263 e. The first-order valence-corrected chi connectivity index (χ1v) is 9.99. The summed E-state index contributed by atoms with van der Waals surface area (Å²) in [7, 11) is 0. The molecule has 0 radical (unpaired) electrons. The van der Waals surface area contributed by atoms with Gasteiger partial charge in [-0.3, -0.25) is 9.59 Å². The van der Waals surface area contributed by atoms with E-state index in [0.29, 0.717) is 11.5 Å². The molecule has 4 atom stereocenters. The van der Waals surface area contributed by atoms with Gasteiger partial charge in [-0.25, -0.2) is 0 Å². The number of benzene rings is 1. The minimum Gasteiger partial charge on any atom is -0.508 e. The number of allylic oxidation sites excluding steroid dienone is 4. The van der Waals surface area contributed by atoms with E-state index in [-0.39, 0.29) is 46.3 Å². The minimum atomic E-state index is -0.557. The van der Waals surface area contributed by atoms with Gasteiger partial charge in [0.2, 0.25) is 0 Å². The monoisotopic (exact) mass is 391 g/mol. The number of Topliss-reactive ketones (excluding diaryl/α,β-unsaturated/α-hetero) is 1. The lowest BCUT2D eigenvalue weighted by Crippen LogP contribution is -2.39. The van der Waals surface area contributed by atoms with Gasteiger partial charge in [-0.1, -0.05) is 42.9 Å². The van der Waals surface area contributed by atoms with Crippen molar-refractivity contribution in [3.8, 4) is 5.75 Å². The van der Waals surface area contributed by atoms with E-state index in [1.165, 1.54) is 17.7 Å². The van der Waals surface area contributed by atoms with E-state index < -0.39 is 5.91 Å². The van der Waals surface area contributed by atoms with Crippen molar-refractivity contribution in [2.75, 3.05) is 0 Å². The predicted molar refractivity (Wildman–Crippen MR) is 111 cm³/mol. The zero-order valence-corrected chi connectivity index (χ0v) is 16.6. The molecule has 0 unspecified atom stereocenters. The van der Waals surface area contributed by atoms with Crippen LogP contribution in [0.3, 0.4) is 0 Å². The molecule has 0 aromatic heterocycles. The topological polar surface area (TPSA) is 86.6 Å². The van der Waals surface area contributed by atoms with Gasteiger partial charge >= 0.3 is 0 Å². The molecule has 0 saturated heterocycles. The number of aliphatic hydroxyl groups is 1. The molecule has 1 aromatic carbocycles. The van der Waals surface area contributed by atoms with Gasteiger partial charge in [-0.15, -0.1) is 0 Å². The Morgan fingerprint density at radius 3 is 2.62 bits per heavy atom. The number of phenolic OH excluding ortho intramolecular Hbond substituents is 1. The van der Waals surface area contributed by atoms with Crippen LogP contribution < -0.4 is 5.32 Å². The average molecular weight is 391 g/mol. The molecule has 0 spiro atoms. The molecule has 5 nitrogen and oxygen atoms in total. The van der Waals surface area contributed by atoms with Crippen LogP contribution in [-0.2, 0) is 9.59 Å². The van der Waals surface area contributed by atoms with Crippen LogP contribution in [0.15, 0.2) is 65.1 Å². The molecule has 5 heteroatoms. The first-order valence-electron chi connectivity index (χ1n) is 9.99. The average Bonchev–Trinajstić information content (AvgIpc) is 2.96. The summed E-state index contributed by atoms with van der Waals surface area (Å²) in [5, 5.41) is 22.7. The number of phenols is 1. The van der Waals surface area contributed by atoms with Gasteiger partial charge in [0.05, 0.1) is 5.70 Å². The van der Waals surface area contributed by atoms with E-state index in [1.54, 1.807) is 18.2 Å². The van der Waals surface area contributed by atoms with Crippen LogP contribution in [0.25, 0.3) is 6.08 Å². The summed E-state index contributed by atoms with van der Waals surface area (Å²) < 4.78 is 0. The number of ketones is 1. The standard InChI is InChI=1S/C24H25NO4/c1-13-3-10-18-16(11-13)7-4-14(2)20(18)23(28)21-22(27)19(25-24(21)29)12-15-5-8-17(26)9-6-15/h3-9,12,14,16,18,20,26-27H,10-11H2,1-2H3,(H,25,29)/b19-12-/t14-,16-,18+,20+/m0/s1. The van der Waals surface area contributed by atoms with Crippen molar-refractivity contribution in [1.29, 1.82) is 0 Å². The maximum atomic E-state index is 13.4. The second-order valence-corrected chi connectivity index (χ2v) is 8.28. The molecular formula is C24H25NO4. The third kappa shape index (κ3) is 3.53. The number of nitrogens with one attached hydrogen (secondary N) is 1. The highest BCUT2D eigenvalue weighted by molar-refractivity contribution is 6.23. The summed E-state index contributed by atoms with van der Waals surface area (Å²) >= 11 is 0. The highest BCUT2D eigenvalue weighted by Crippen LogP contribution is 2.44. The van der Waals surface area contributed by atoms with Crippen LogP contribution in [0.5, 0.6) is 5.75 Å². The fraction of sp³-hybridized carbons (Fsp3) is 0.333. The first-order chi connectivity index (χ1) is 13.8. The number of rotatable bonds is 3. The van der Waals surface area contributed by atoms with Crippen molar-refractivity contribution in [2.45, 2.75) is 26.7 Å². The fourth-order valence-electron chi connectivity index (χ4n) is 4.73. The summed E-state index contributed by atoms with van der Waals surface area (Å²) in [6.07, 6.45) is 9.79. The quantitative estimate of drug-likeness (QED) is 0.536. The van der Waals surface area contributed by atoms with Crippen molar-refractivity contribution < 1.29 is 19.8 Å². The lowest BCUT2D eigenvalue weighted by molar-refractivity contribution is -0.126. The van der Waals surface area contributed by atoms with Gasteiger partial charge in [0.25, 0.3) is 5.91 Å². The minimum absolute atomic E-state index is 0.00813. The number of aliphatic hydroxyl groups excluding tert-OH is 1. The Balaban J connectivity index is 1.66. The van der Waals surface area contributed by atoms with Crippen molar-refractivity contribution >= 4 is 17.8 Å². The first kappa shape index (κ1) is 19.2. The van der Waals surface area contributed by atoms with E-state index in [4.69, 9.17) is 0 Å². The number of carbonyl (C=O) groups excluding carboxylic acids is 2. The Kier molecular flexibility index (Phi) is 4.91. The molecule has 0 saturated carbocycles. The summed E-state index contributed by atoms with van der Waals surface area (Å²) in [6, 6.07) is 6.36. The van der Waals surface area contributed by atoms with Crippen LogP contribution in [0.1, 0.15) is 32.3 Å². The normalized spacial score (nSPS) is 30.2. The molecule has 1 amide bonds. The number of aromatic hydroxyl groups is 1. The second-order valence-electron chi connectivity index (χ2n) is 8.28. The summed E-state index contributed by atoms with van der Waals surface area (Å²) in [5.41, 5.74) is 2.09. The Morgan fingerprint density at radius 1 is 1.17 bits per heavy atom. The lowest BCUT2D eigenvalue weighted by atomic mass is 9.63. The number of hydrogen-bond acceptors (Lipinski definition) is 4. The Labute approximate surface area is 170 Å². The molecular weight excluding hydrogens is 366 g/mol. The Hall–Kier alpha value is -3.08. The molecule has 3 aliphatic rings. The predicted octanol–water partition coefficient (Wildman–Crippen LogP) is 4.04. The number of hydrogen-bond donors (Lipinski definition) is 3. The maximum Gasteiger partial charge on any atom is 0.263 e. The molecule has 0 bridgehead atoms. The molecule has 2 aliphatic carbocycles. The zero-order valence-electron chi connectivity index (χ0n) is 16.6. The number of amides is 1. The second kappa shape index (κ2) is 7.39. The molecule has 29 heavy (non-hydrogen) atoms. The van der Waals surface area contributed by atoms with Crippen molar-refractivity contribution in [3.63, 3.8) is 0 Å². The zero-order chi connectivity index (χ0) is 20.7. The van der Waals surface area contributed by atoms with Crippen molar-refractivity contribution in [3.05, 3.63) is 70.7 Å². The summed E-state index contributed by atoms with van der Waals surface area (Å²) in [4.78, 5) is 26.0. The Bertz CT molecular complexity index is 981. The summed E-state index contributed by atoms with van der Waals surface area (Å²) in [6.45, 7) is 4.11. The highest BCUT2D eigenvalue weighted by atomic mass is 16.3. The molecule has 4 rings (SSSR count). The van der Waals surface area contributed by atoms with E-state index in [0.717, 1.165) is 12.8 Å². The van der Waals surface area contributed by atoms with Crippen LogP contribution in [0.4, 0.5) is 0 Å². The summed E-state index contributed by atoms with van der Waals surface area (Å²) in [5.74, 6) is -0.891. The SMILES string of the molecule is CC1=CC[C@H]2[C@H](C(=O)C3=C(O)/C(=C/c4ccc(O)cc4)NC3=O)[C@@H](C)C=C[C@H]2C1. The number of carbonyl (C=O) groups is 2. The van der Waals surface area contributed by atoms with Crippen LogP contribution in [0.2, 0.25) is 0 Å². The molecule has 1 heterocycles. The van der Waals surface area contributed by atoms with Crippen molar-refractivity contribution in [1.82, 2.24) is 5.32 Å². The van der Waals surface area contributed by atoms with E-state index in [9.17, 15) is 19.8 Å². The van der Waals surface area contributed by atoms with Gasteiger partial charge < -0.3 is 15.5 Å². The van der Waals surface area contributed by atoms with Gasteiger partial charge in [0, 0.05) is 5.92 Å². The molecule has 3 N–H and O–H groups in total. The van der Waals surface area contributed by atoms with Gasteiger partial charge in [-0.2, -0.15) is 0 Å². The van der Waals surface area contributed by atoms with E-state index in [1.807, 2.05) is 6.92 Å². The van der Waals surface area contributed by atoms with Gasteiger partial charge in [0.1, 0.15) is 11.3 Å². The molecule has 1 aliphatic heterocycles. The van der Waals surface area contributed by atoms with Gasteiger partial charge in [0.15, 0.2) is 11.5 Å². The number of fused-ring (bicyclic) bond motifs is 1. The van der Waals surface area contributed by atoms with Crippen molar-refractivity contribution in [2.24, 2.45) is 23.7 Å². The fourth-order valence-corrected chi connectivity index (χ4v) is 4.73. The lowest BCUT2D eigenvalue weighted by Gasteiger charge is -2.39. The third-order valence-corrected chi connectivity index (χ3v) is 6.26. The van der Waals surface area contributed by atoms with Crippen LogP contribution >= 0.6 is 0 Å². The third-order valence-electron chi connectivity index (χ3n) is 6.26. The molecule has 150 valence electrons. The molecule has 1 aromatic rings.